The van der Waals surface area contributed by atoms with Gasteiger partial charge in [-0.25, -0.2) is 0 Å². The average Bonchev–Trinajstić information content (AvgIpc) is 2.82. The SMILES string of the molecule is CCCCC[C@H]1CC[C@H](C=CC#C[C@H]2CC[C@H](COc3ccc(CC)cc3)CC2)CC1. The van der Waals surface area contributed by atoms with Crippen LogP contribution in [0.5, 0.6) is 5.75 Å². The Morgan fingerprint density at radius 2 is 1.58 bits per heavy atom. The van der Waals surface area contributed by atoms with Crippen LogP contribution in [0.4, 0.5) is 0 Å². The van der Waals surface area contributed by atoms with E-state index < -0.39 is 0 Å². The van der Waals surface area contributed by atoms with Crippen molar-refractivity contribution in [1.82, 2.24) is 0 Å². The minimum absolute atomic E-state index is 0.582. The van der Waals surface area contributed by atoms with E-state index in [2.05, 4.69) is 62.1 Å². The van der Waals surface area contributed by atoms with E-state index in [1.807, 2.05) is 0 Å². The van der Waals surface area contributed by atoms with Crippen LogP contribution in [0.25, 0.3) is 0 Å². The second-order valence-corrected chi connectivity index (χ2v) is 9.95. The van der Waals surface area contributed by atoms with Gasteiger partial charge in [-0.3, -0.25) is 0 Å². The van der Waals surface area contributed by atoms with Gasteiger partial charge in [0.15, 0.2) is 0 Å². The van der Waals surface area contributed by atoms with Crippen LogP contribution < -0.4 is 4.74 Å². The molecule has 2 saturated carbocycles. The van der Waals surface area contributed by atoms with Gasteiger partial charge in [0.25, 0.3) is 0 Å². The first kappa shape index (κ1) is 24.0. The zero-order chi connectivity index (χ0) is 21.7. The summed E-state index contributed by atoms with van der Waals surface area (Å²) in [5.41, 5.74) is 1.37. The molecule has 0 unspecified atom stereocenters. The largest absolute Gasteiger partial charge is 0.493 e. The summed E-state index contributed by atoms with van der Waals surface area (Å²) in [6, 6.07) is 8.58. The summed E-state index contributed by atoms with van der Waals surface area (Å²) in [5, 5.41) is 0. The van der Waals surface area contributed by atoms with Crippen molar-refractivity contribution < 1.29 is 4.74 Å². The van der Waals surface area contributed by atoms with Crippen LogP contribution in [0.15, 0.2) is 36.4 Å². The van der Waals surface area contributed by atoms with E-state index in [0.717, 1.165) is 30.6 Å². The van der Waals surface area contributed by atoms with E-state index >= 15 is 0 Å². The smallest absolute Gasteiger partial charge is 0.119 e. The zero-order valence-electron chi connectivity index (χ0n) is 20.1. The molecule has 0 amide bonds. The highest BCUT2D eigenvalue weighted by Crippen LogP contribution is 2.33. The number of unbranched alkanes of at least 4 members (excludes halogenated alkanes) is 2. The minimum Gasteiger partial charge on any atom is -0.493 e. The first-order valence-corrected chi connectivity index (χ1v) is 13.2. The Labute approximate surface area is 192 Å². The van der Waals surface area contributed by atoms with Crippen molar-refractivity contribution in [2.24, 2.45) is 23.7 Å². The summed E-state index contributed by atoms with van der Waals surface area (Å²) in [7, 11) is 0. The molecule has 1 heteroatoms. The molecule has 0 aliphatic heterocycles. The monoisotopic (exact) mass is 420 g/mol. The quantitative estimate of drug-likeness (QED) is 0.288. The molecule has 1 aromatic carbocycles. The molecule has 0 heterocycles. The summed E-state index contributed by atoms with van der Waals surface area (Å²) < 4.78 is 6.03. The molecule has 0 aromatic heterocycles. The predicted molar refractivity (Wildman–Crippen MR) is 133 cm³/mol. The molecule has 0 bridgehead atoms. The minimum atomic E-state index is 0.582. The fraction of sp³-hybridized carbons (Fsp3) is 0.667. The molecule has 2 aliphatic rings. The Bertz CT molecular complexity index is 688. The lowest BCUT2D eigenvalue weighted by molar-refractivity contribution is 0.196. The molecule has 0 atom stereocenters. The normalized spacial score (nSPS) is 26.4. The summed E-state index contributed by atoms with van der Waals surface area (Å²) in [5.74, 6) is 11.0. The molecule has 2 aliphatic carbocycles. The second kappa shape index (κ2) is 13.7. The molecule has 170 valence electrons. The number of hydrogen-bond acceptors (Lipinski definition) is 1. The van der Waals surface area contributed by atoms with Crippen molar-refractivity contribution in [3.8, 4) is 17.6 Å². The number of rotatable bonds is 9. The summed E-state index contributed by atoms with van der Waals surface area (Å²) in [6.45, 7) is 5.34. The van der Waals surface area contributed by atoms with E-state index in [-0.39, 0.29) is 0 Å². The Hall–Kier alpha value is -1.68. The third kappa shape index (κ3) is 8.76. The summed E-state index contributed by atoms with van der Waals surface area (Å²) in [4.78, 5) is 0. The molecule has 0 spiro atoms. The molecule has 31 heavy (non-hydrogen) atoms. The molecule has 0 radical (unpaired) electrons. The van der Waals surface area contributed by atoms with Gasteiger partial charge in [-0.2, -0.15) is 0 Å². The Morgan fingerprint density at radius 3 is 2.26 bits per heavy atom. The van der Waals surface area contributed by atoms with Crippen molar-refractivity contribution >= 4 is 0 Å². The van der Waals surface area contributed by atoms with Gasteiger partial charge in [0, 0.05) is 5.92 Å². The van der Waals surface area contributed by atoms with Crippen molar-refractivity contribution in [3.63, 3.8) is 0 Å². The molecular formula is C30H44O. The zero-order valence-corrected chi connectivity index (χ0v) is 20.1. The van der Waals surface area contributed by atoms with Crippen molar-refractivity contribution in [3.05, 3.63) is 42.0 Å². The van der Waals surface area contributed by atoms with Crippen LogP contribution in [0.2, 0.25) is 0 Å². The first-order chi connectivity index (χ1) is 15.3. The number of aryl methyl sites for hydroxylation is 1. The molecule has 3 rings (SSSR count). The lowest BCUT2D eigenvalue weighted by Crippen LogP contribution is -2.19. The maximum Gasteiger partial charge on any atom is 0.119 e. The highest BCUT2D eigenvalue weighted by atomic mass is 16.5. The topological polar surface area (TPSA) is 9.23 Å². The van der Waals surface area contributed by atoms with Gasteiger partial charge in [0.05, 0.1) is 6.61 Å². The van der Waals surface area contributed by atoms with Crippen LogP contribution in [0.1, 0.15) is 96.5 Å². The fourth-order valence-electron chi connectivity index (χ4n) is 5.21. The predicted octanol–water partition coefficient (Wildman–Crippen LogP) is 8.38. The van der Waals surface area contributed by atoms with Gasteiger partial charge in [-0.1, -0.05) is 69.6 Å². The molecule has 0 N–H and O–H groups in total. The third-order valence-corrected chi connectivity index (χ3v) is 7.51. The van der Waals surface area contributed by atoms with Gasteiger partial charge in [0.1, 0.15) is 5.75 Å². The van der Waals surface area contributed by atoms with Gasteiger partial charge < -0.3 is 4.74 Å². The van der Waals surface area contributed by atoms with Crippen LogP contribution in [0, 0.1) is 35.5 Å². The van der Waals surface area contributed by atoms with E-state index in [0.29, 0.717) is 11.8 Å². The van der Waals surface area contributed by atoms with Gasteiger partial charge in [0.2, 0.25) is 0 Å². The molecule has 1 nitrogen and oxygen atoms in total. The molecule has 1 aromatic rings. The van der Waals surface area contributed by atoms with Crippen LogP contribution >= 0.6 is 0 Å². The lowest BCUT2D eigenvalue weighted by atomic mass is 9.79. The third-order valence-electron chi connectivity index (χ3n) is 7.51. The number of ether oxygens (including phenoxy) is 1. The summed E-state index contributed by atoms with van der Waals surface area (Å²) in [6.07, 6.45) is 21.9. The van der Waals surface area contributed by atoms with Crippen molar-refractivity contribution in [2.75, 3.05) is 6.61 Å². The molecule has 2 fully saturated rings. The van der Waals surface area contributed by atoms with E-state index in [4.69, 9.17) is 4.74 Å². The standard InChI is InChI=1S/C30H44O/c1-3-5-6-9-26-12-14-27(15-13-26)10-7-8-11-28-16-18-29(19-17-28)24-31-30-22-20-25(4-2)21-23-30/h7,10,20-23,26-29H,3-6,9,12-19,24H2,1-2H3/t26-,27-,28-,29-. The Kier molecular flexibility index (Phi) is 10.6. The highest BCUT2D eigenvalue weighted by Gasteiger charge is 2.21. The maximum atomic E-state index is 6.03. The van der Waals surface area contributed by atoms with Crippen molar-refractivity contribution in [1.29, 1.82) is 0 Å². The maximum absolute atomic E-state index is 6.03. The van der Waals surface area contributed by atoms with Crippen LogP contribution in [-0.2, 0) is 6.42 Å². The number of allylic oxidation sites excluding steroid dienone is 2. The van der Waals surface area contributed by atoms with Crippen LogP contribution in [-0.4, -0.2) is 6.61 Å². The molecular weight excluding hydrogens is 376 g/mol. The van der Waals surface area contributed by atoms with E-state index in [1.54, 1.807) is 0 Å². The summed E-state index contributed by atoms with van der Waals surface area (Å²) >= 11 is 0. The Morgan fingerprint density at radius 1 is 0.871 bits per heavy atom. The average molecular weight is 421 g/mol. The number of hydrogen-bond donors (Lipinski definition) is 0. The second-order valence-electron chi connectivity index (χ2n) is 9.95. The Balaban J connectivity index is 1.29. The van der Waals surface area contributed by atoms with E-state index in [1.165, 1.54) is 82.6 Å². The number of benzene rings is 1. The van der Waals surface area contributed by atoms with Gasteiger partial charge in [-0.05, 0) is 99.3 Å². The van der Waals surface area contributed by atoms with Gasteiger partial charge in [-0.15, -0.1) is 0 Å². The van der Waals surface area contributed by atoms with Crippen molar-refractivity contribution in [2.45, 2.75) is 97.3 Å². The highest BCUT2D eigenvalue weighted by molar-refractivity contribution is 5.27. The van der Waals surface area contributed by atoms with Crippen LogP contribution in [0.3, 0.4) is 0 Å². The van der Waals surface area contributed by atoms with Gasteiger partial charge >= 0.3 is 0 Å². The van der Waals surface area contributed by atoms with E-state index in [9.17, 15) is 0 Å². The lowest BCUT2D eigenvalue weighted by Gasteiger charge is -2.26. The molecule has 0 saturated heterocycles. The first-order valence-electron chi connectivity index (χ1n) is 13.2. The fourth-order valence-corrected chi connectivity index (χ4v) is 5.21.